The van der Waals surface area contributed by atoms with E-state index in [4.69, 9.17) is 6.42 Å². The van der Waals surface area contributed by atoms with Crippen molar-refractivity contribution in [1.29, 1.82) is 0 Å². The van der Waals surface area contributed by atoms with Crippen LogP contribution in [0.3, 0.4) is 0 Å². The first kappa shape index (κ1) is 14.1. The second-order valence-electron chi connectivity index (χ2n) is 6.19. The van der Waals surface area contributed by atoms with E-state index in [2.05, 4.69) is 59.6 Å². The SMILES string of the molecule is C#CC1(C/C(C)=C\CC)C(C=C(C)C)C1(C)C. The van der Waals surface area contributed by atoms with E-state index in [1.54, 1.807) is 0 Å². The zero-order valence-corrected chi connectivity index (χ0v) is 12.2. The van der Waals surface area contributed by atoms with Gasteiger partial charge in [0.2, 0.25) is 0 Å². The van der Waals surface area contributed by atoms with Gasteiger partial charge in [-0.15, -0.1) is 6.42 Å². The fourth-order valence-electron chi connectivity index (χ4n) is 3.10. The summed E-state index contributed by atoms with van der Waals surface area (Å²) in [7, 11) is 0. The molecule has 0 amide bonds. The van der Waals surface area contributed by atoms with E-state index in [1.807, 2.05) is 0 Å². The molecule has 0 nitrogen and oxygen atoms in total. The lowest BCUT2D eigenvalue weighted by atomic mass is 9.89. The van der Waals surface area contributed by atoms with Crippen LogP contribution in [0.4, 0.5) is 0 Å². The van der Waals surface area contributed by atoms with Crippen LogP contribution in [0.15, 0.2) is 23.3 Å². The van der Waals surface area contributed by atoms with Crippen molar-refractivity contribution in [3.8, 4) is 12.3 Å². The summed E-state index contributed by atoms with van der Waals surface area (Å²) < 4.78 is 0. The smallest absolute Gasteiger partial charge is 0.0474 e. The Morgan fingerprint density at radius 3 is 2.29 bits per heavy atom. The van der Waals surface area contributed by atoms with Crippen LogP contribution in [0.5, 0.6) is 0 Å². The molecule has 0 saturated heterocycles. The molecule has 1 rings (SSSR count). The Kier molecular flexibility index (Phi) is 3.92. The van der Waals surface area contributed by atoms with Crippen LogP contribution in [0, 0.1) is 29.1 Å². The maximum Gasteiger partial charge on any atom is 0.0474 e. The number of hydrogen-bond donors (Lipinski definition) is 0. The third kappa shape index (κ3) is 2.34. The van der Waals surface area contributed by atoms with Crippen molar-refractivity contribution in [2.75, 3.05) is 0 Å². The van der Waals surface area contributed by atoms with Gasteiger partial charge in [-0.05, 0) is 39.0 Å². The molecule has 1 aliphatic carbocycles. The highest BCUT2D eigenvalue weighted by atomic mass is 14.7. The van der Waals surface area contributed by atoms with Gasteiger partial charge in [-0.3, -0.25) is 0 Å². The van der Waals surface area contributed by atoms with E-state index in [1.165, 1.54) is 11.1 Å². The Morgan fingerprint density at radius 2 is 1.88 bits per heavy atom. The third-order valence-corrected chi connectivity index (χ3v) is 4.24. The number of hydrogen-bond acceptors (Lipinski definition) is 0. The minimum Gasteiger partial charge on any atom is -0.119 e. The molecule has 0 heteroatoms. The van der Waals surface area contributed by atoms with Gasteiger partial charge in [0, 0.05) is 11.3 Å². The summed E-state index contributed by atoms with van der Waals surface area (Å²) in [5, 5.41) is 0. The van der Waals surface area contributed by atoms with Crippen molar-refractivity contribution in [3.63, 3.8) is 0 Å². The molecule has 0 heterocycles. The van der Waals surface area contributed by atoms with Gasteiger partial charge in [-0.2, -0.15) is 0 Å². The summed E-state index contributed by atoms with van der Waals surface area (Å²) in [4.78, 5) is 0. The fourth-order valence-corrected chi connectivity index (χ4v) is 3.10. The summed E-state index contributed by atoms with van der Waals surface area (Å²) in [5.74, 6) is 3.63. The topological polar surface area (TPSA) is 0 Å². The lowest BCUT2D eigenvalue weighted by molar-refractivity contribution is 0.476. The van der Waals surface area contributed by atoms with Crippen LogP contribution in [-0.4, -0.2) is 0 Å². The van der Waals surface area contributed by atoms with Crippen molar-refractivity contribution in [2.45, 2.75) is 54.4 Å². The quantitative estimate of drug-likeness (QED) is 0.472. The van der Waals surface area contributed by atoms with Gasteiger partial charge < -0.3 is 0 Å². The van der Waals surface area contributed by atoms with E-state index < -0.39 is 0 Å². The molecule has 1 saturated carbocycles. The predicted octanol–water partition coefficient (Wildman–Crippen LogP) is 4.97. The van der Waals surface area contributed by atoms with Crippen molar-refractivity contribution in [1.82, 2.24) is 0 Å². The molecule has 0 aliphatic heterocycles. The highest BCUT2D eigenvalue weighted by molar-refractivity contribution is 5.37. The van der Waals surface area contributed by atoms with Gasteiger partial charge in [0.15, 0.2) is 0 Å². The van der Waals surface area contributed by atoms with E-state index >= 15 is 0 Å². The maximum atomic E-state index is 5.85. The molecule has 0 spiro atoms. The fraction of sp³-hybridized carbons (Fsp3) is 0.647. The summed E-state index contributed by atoms with van der Waals surface area (Å²) in [6, 6.07) is 0. The first-order chi connectivity index (χ1) is 7.81. The molecular weight excluding hydrogens is 204 g/mol. The largest absolute Gasteiger partial charge is 0.119 e. The Labute approximate surface area is 107 Å². The summed E-state index contributed by atoms with van der Waals surface area (Å²) >= 11 is 0. The van der Waals surface area contributed by atoms with Crippen LogP contribution in [0.1, 0.15) is 54.4 Å². The van der Waals surface area contributed by atoms with Crippen molar-refractivity contribution in [2.24, 2.45) is 16.7 Å². The Balaban J connectivity index is 2.97. The van der Waals surface area contributed by atoms with Crippen molar-refractivity contribution in [3.05, 3.63) is 23.3 Å². The normalized spacial score (nSPS) is 30.6. The van der Waals surface area contributed by atoms with Gasteiger partial charge in [0.25, 0.3) is 0 Å². The molecule has 1 fully saturated rings. The summed E-state index contributed by atoms with van der Waals surface area (Å²) in [6.45, 7) is 13.3. The molecular formula is C17H26. The number of allylic oxidation sites excluding steroid dienone is 4. The molecule has 2 unspecified atom stereocenters. The van der Waals surface area contributed by atoms with Gasteiger partial charge in [0.1, 0.15) is 0 Å². The van der Waals surface area contributed by atoms with Crippen molar-refractivity contribution < 1.29 is 0 Å². The number of rotatable bonds is 4. The highest BCUT2D eigenvalue weighted by Gasteiger charge is 2.68. The average molecular weight is 230 g/mol. The maximum absolute atomic E-state index is 5.85. The second-order valence-corrected chi connectivity index (χ2v) is 6.19. The zero-order valence-electron chi connectivity index (χ0n) is 12.2. The van der Waals surface area contributed by atoms with Gasteiger partial charge in [-0.1, -0.05) is 50.0 Å². The van der Waals surface area contributed by atoms with Gasteiger partial charge in [-0.25, -0.2) is 0 Å². The molecule has 1 aliphatic rings. The number of terminal acetylenes is 1. The molecule has 94 valence electrons. The molecule has 0 bridgehead atoms. The second kappa shape index (κ2) is 4.73. The minimum absolute atomic E-state index is 0.0417. The Morgan fingerprint density at radius 1 is 1.29 bits per heavy atom. The molecule has 0 aromatic carbocycles. The molecule has 2 atom stereocenters. The first-order valence-electron chi connectivity index (χ1n) is 6.60. The van der Waals surface area contributed by atoms with Crippen LogP contribution >= 0.6 is 0 Å². The van der Waals surface area contributed by atoms with E-state index in [0.717, 1.165) is 12.8 Å². The summed E-state index contributed by atoms with van der Waals surface area (Å²) in [6.07, 6.45) is 12.6. The lowest BCUT2D eigenvalue weighted by Gasteiger charge is -2.14. The third-order valence-electron chi connectivity index (χ3n) is 4.24. The molecule has 0 aromatic rings. The molecule has 0 radical (unpaired) electrons. The van der Waals surface area contributed by atoms with Gasteiger partial charge in [0.05, 0.1) is 0 Å². The molecule has 0 aromatic heterocycles. The summed E-state index contributed by atoms with van der Waals surface area (Å²) in [5.41, 5.74) is 3.09. The van der Waals surface area contributed by atoms with Crippen LogP contribution in [0.2, 0.25) is 0 Å². The van der Waals surface area contributed by atoms with Gasteiger partial charge >= 0.3 is 0 Å². The Hall–Kier alpha value is -0.960. The minimum atomic E-state index is 0.0417. The molecule has 0 N–H and O–H groups in total. The van der Waals surface area contributed by atoms with Crippen molar-refractivity contribution >= 4 is 0 Å². The monoisotopic (exact) mass is 230 g/mol. The van der Waals surface area contributed by atoms with Crippen LogP contribution < -0.4 is 0 Å². The van der Waals surface area contributed by atoms with E-state index in [-0.39, 0.29) is 10.8 Å². The first-order valence-corrected chi connectivity index (χ1v) is 6.60. The highest BCUT2D eigenvalue weighted by Crippen LogP contribution is 2.71. The van der Waals surface area contributed by atoms with E-state index in [9.17, 15) is 0 Å². The van der Waals surface area contributed by atoms with E-state index in [0.29, 0.717) is 5.92 Å². The zero-order chi connectivity index (χ0) is 13.3. The van der Waals surface area contributed by atoms with Crippen LogP contribution in [0.25, 0.3) is 0 Å². The predicted molar refractivity (Wildman–Crippen MR) is 76.6 cm³/mol. The van der Waals surface area contributed by atoms with Crippen LogP contribution in [-0.2, 0) is 0 Å². The Bertz CT molecular complexity index is 383. The lowest BCUT2D eigenvalue weighted by Crippen LogP contribution is -2.07. The molecule has 17 heavy (non-hydrogen) atoms. The standard InChI is InChI=1S/C17H26/c1-8-10-14(5)12-17(9-2)15(11-13(3)4)16(17,6)7/h2,10-11,15H,8,12H2,1,3-7H3/b14-10-. The average Bonchev–Trinajstić information content (AvgIpc) is 2.64.